The van der Waals surface area contributed by atoms with Crippen LogP contribution in [0.4, 0.5) is 0 Å². The van der Waals surface area contributed by atoms with E-state index in [4.69, 9.17) is 5.73 Å². The summed E-state index contributed by atoms with van der Waals surface area (Å²) < 4.78 is 3.89. The normalized spacial score (nSPS) is 17.7. The molecule has 2 N–H and O–H groups in total. The molecular formula is C13H15N3S. The second-order valence-corrected chi connectivity index (χ2v) is 5.17. The van der Waals surface area contributed by atoms with Crippen LogP contribution in [0.5, 0.6) is 0 Å². The Morgan fingerprint density at radius 2 is 2.12 bits per heavy atom. The fourth-order valence-corrected chi connectivity index (χ4v) is 2.84. The van der Waals surface area contributed by atoms with Crippen LogP contribution >= 0.6 is 11.5 Å². The molecule has 0 amide bonds. The topological polar surface area (TPSA) is 51.8 Å². The lowest BCUT2D eigenvalue weighted by molar-refractivity contribution is 0.416. The van der Waals surface area contributed by atoms with Crippen molar-refractivity contribution >= 4 is 11.5 Å². The zero-order chi connectivity index (χ0) is 11.7. The molecule has 0 radical (unpaired) electrons. The Kier molecular flexibility index (Phi) is 2.91. The van der Waals surface area contributed by atoms with Gasteiger partial charge in [0.05, 0.1) is 11.7 Å². The SMILES string of the molecule is NC(c1csnn1)c1ccccc1C1CCC1. The van der Waals surface area contributed by atoms with Gasteiger partial charge < -0.3 is 5.73 Å². The van der Waals surface area contributed by atoms with Gasteiger partial charge in [-0.3, -0.25) is 0 Å². The molecule has 2 aromatic rings. The van der Waals surface area contributed by atoms with Gasteiger partial charge in [-0.1, -0.05) is 35.2 Å². The molecule has 88 valence electrons. The van der Waals surface area contributed by atoms with Gasteiger partial charge in [0.15, 0.2) is 0 Å². The highest BCUT2D eigenvalue weighted by atomic mass is 32.1. The summed E-state index contributed by atoms with van der Waals surface area (Å²) in [6.45, 7) is 0. The van der Waals surface area contributed by atoms with E-state index < -0.39 is 0 Å². The van der Waals surface area contributed by atoms with Gasteiger partial charge in [-0.25, -0.2) is 0 Å². The average molecular weight is 245 g/mol. The zero-order valence-electron chi connectivity index (χ0n) is 9.54. The van der Waals surface area contributed by atoms with Gasteiger partial charge in [-0.05, 0) is 41.4 Å². The summed E-state index contributed by atoms with van der Waals surface area (Å²) in [6, 6.07) is 8.35. The predicted octanol–water partition coefficient (Wildman–Crippen LogP) is 2.85. The smallest absolute Gasteiger partial charge is 0.0968 e. The van der Waals surface area contributed by atoms with Crippen molar-refractivity contribution in [2.75, 3.05) is 0 Å². The van der Waals surface area contributed by atoms with E-state index in [2.05, 4.69) is 33.9 Å². The summed E-state index contributed by atoms with van der Waals surface area (Å²) in [6.07, 6.45) is 3.92. The Morgan fingerprint density at radius 3 is 2.76 bits per heavy atom. The van der Waals surface area contributed by atoms with Crippen molar-refractivity contribution < 1.29 is 0 Å². The maximum Gasteiger partial charge on any atom is 0.0968 e. The minimum atomic E-state index is -0.134. The molecule has 3 nitrogen and oxygen atoms in total. The van der Waals surface area contributed by atoms with Gasteiger partial charge in [-0.2, -0.15) is 0 Å². The molecule has 1 aromatic carbocycles. The molecule has 1 aliphatic carbocycles. The lowest BCUT2D eigenvalue weighted by atomic mass is 9.77. The van der Waals surface area contributed by atoms with Crippen LogP contribution in [-0.2, 0) is 0 Å². The van der Waals surface area contributed by atoms with E-state index in [9.17, 15) is 0 Å². The number of benzene rings is 1. The Bertz CT molecular complexity index is 491. The van der Waals surface area contributed by atoms with E-state index in [1.54, 1.807) is 0 Å². The van der Waals surface area contributed by atoms with Crippen molar-refractivity contribution in [1.29, 1.82) is 0 Å². The van der Waals surface area contributed by atoms with E-state index >= 15 is 0 Å². The number of hydrogen-bond donors (Lipinski definition) is 1. The number of nitrogens with zero attached hydrogens (tertiary/aromatic N) is 2. The molecule has 1 fully saturated rings. The summed E-state index contributed by atoms with van der Waals surface area (Å²) in [5.74, 6) is 0.698. The van der Waals surface area contributed by atoms with Gasteiger partial charge >= 0.3 is 0 Å². The fraction of sp³-hybridized carbons (Fsp3) is 0.385. The van der Waals surface area contributed by atoms with Crippen molar-refractivity contribution in [3.63, 3.8) is 0 Å². The first-order chi connectivity index (χ1) is 8.36. The number of nitrogens with two attached hydrogens (primary N) is 1. The molecule has 1 atom stereocenters. The van der Waals surface area contributed by atoms with Crippen molar-refractivity contribution in [3.05, 3.63) is 46.5 Å². The minimum absolute atomic E-state index is 0.134. The minimum Gasteiger partial charge on any atom is -0.319 e. The third-order valence-corrected chi connectivity index (χ3v) is 4.09. The van der Waals surface area contributed by atoms with E-state index in [1.807, 2.05) is 5.38 Å². The quantitative estimate of drug-likeness (QED) is 0.904. The van der Waals surface area contributed by atoms with Gasteiger partial charge in [0.2, 0.25) is 0 Å². The molecule has 1 unspecified atom stereocenters. The third kappa shape index (κ3) is 1.98. The Labute approximate surface area is 105 Å². The summed E-state index contributed by atoms with van der Waals surface area (Å²) in [5.41, 5.74) is 9.77. The molecule has 0 saturated heterocycles. The van der Waals surface area contributed by atoms with E-state index in [1.165, 1.54) is 41.9 Å². The summed E-state index contributed by atoms with van der Waals surface area (Å²) >= 11 is 1.36. The largest absolute Gasteiger partial charge is 0.319 e. The van der Waals surface area contributed by atoms with Crippen LogP contribution in [-0.4, -0.2) is 9.59 Å². The molecule has 1 heterocycles. The highest BCUT2D eigenvalue weighted by Crippen LogP contribution is 2.39. The maximum absolute atomic E-state index is 6.28. The second kappa shape index (κ2) is 4.55. The van der Waals surface area contributed by atoms with Gasteiger partial charge in [0.25, 0.3) is 0 Å². The molecule has 1 aliphatic rings. The summed E-state index contributed by atoms with van der Waals surface area (Å²) in [7, 11) is 0. The van der Waals surface area contributed by atoms with Crippen LogP contribution in [0.2, 0.25) is 0 Å². The van der Waals surface area contributed by atoms with Gasteiger partial charge in [0, 0.05) is 5.38 Å². The van der Waals surface area contributed by atoms with E-state index in [0.29, 0.717) is 5.92 Å². The molecular weight excluding hydrogens is 230 g/mol. The van der Waals surface area contributed by atoms with Crippen molar-refractivity contribution in [1.82, 2.24) is 9.59 Å². The van der Waals surface area contributed by atoms with Crippen LogP contribution in [0.1, 0.15) is 48.0 Å². The molecule has 1 saturated carbocycles. The van der Waals surface area contributed by atoms with Gasteiger partial charge in [-0.15, -0.1) is 5.10 Å². The molecule has 3 rings (SSSR count). The van der Waals surface area contributed by atoms with Crippen LogP contribution < -0.4 is 5.73 Å². The summed E-state index contributed by atoms with van der Waals surface area (Å²) in [5, 5.41) is 6.01. The molecule has 4 heteroatoms. The fourth-order valence-electron chi connectivity index (χ4n) is 2.35. The molecule has 0 aliphatic heterocycles. The molecule has 17 heavy (non-hydrogen) atoms. The lowest BCUT2D eigenvalue weighted by Gasteiger charge is -2.29. The third-order valence-electron chi connectivity index (χ3n) is 3.57. The van der Waals surface area contributed by atoms with E-state index in [-0.39, 0.29) is 6.04 Å². The zero-order valence-corrected chi connectivity index (χ0v) is 10.4. The number of rotatable bonds is 3. The first kappa shape index (κ1) is 10.9. The molecule has 0 spiro atoms. The van der Waals surface area contributed by atoms with E-state index in [0.717, 1.165) is 5.69 Å². The van der Waals surface area contributed by atoms with Crippen LogP contribution in [0, 0.1) is 0 Å². The highest BCUT2D eigenvalue weighted by molar-refractivity contribution is 7.03. The van der Waals surface area contributed by atoms with Crippen molar-refractivity contribution in [3.8, 4) is 0 Å². The maximum atomic E-state index is 6.28. The predicted molar refractivity (Wildman–Crippen MR) is 69.0 cm³/mol. The highest BCUT2D eigenvalue weighted by Gasteiger charge is 2.24. The van der Waals surface area contributed by atoms with Crippen LogP contribution in [0.15, 0.2) is 29.6 Å². The van der Waals surface area contributed by atoms with Crippen molar-refractivity contribution in [2.24, 2.45) is 5.73 Å². The van der Waals surface area contributed by atoms with Crippen LogP contribution in [0.25, 0.3) is 0 Å². The molecule has 1 aromatic heterocycles. The Hall–Kier alpha value is -1.26. The first-order valence-electron chi connectivity index (χ1n) is 5.97. The van der Waals surface area contributed by atoms with Crippen molar-refractivity contribution in [2.45, 2.75) is 31.2 Å². The summed E-state index contributed by atoms with van der Waals surface area (Å²) in [4.78, 5) is 0. The second-order valence-electron chi connectivity index (χ2n) is 4.56. The number of hydrogen-bond acceptors (Lipinski definition) is 4. The monoisotopic (exact) mass is 245 g/mol. The Morgan fingerprint density at radius 1 is 1.29 bits per heavy atom. The number of aromatic nitrogens is 2. The average Bonchev–Trinajstić information content (AvgIpc) is 2.80. The van der Waals surface area contributed by atoms with Crippen LogP contribution in [0.3, 0.4) is 0 Å². The first-order valence-corrected chi connectivity index (χ1v) is 6.81. The molecule has 0 bridgehead atoms. The Balaban J connectivity index is 1.96. The lowest BCUT2D eigenvalue weighted by Crippen LogP contribution is -2.18. The van der Waals surface area contributed by atoms with Gasteiger partial charge in [0.1, 0.15) is 0 Å². The standard InChI is InChI=1S/C13H15N3S/c14-13(12-8-17-16-15-12)11-7-2-1-6-10(11)9-4-3-5-9/h1-2,6-9,13H,3-5,14H2.